The molecular formula is C21H28N2O3. The SMILES string of the molecule is COCC(=O)OC1CCC2C1=CC=C1C3=CC4CNNC4CC3CCC12. The molecule has 0 aromatic carbocycles. The summed E-state index contributed by atoms with van der Waals surface area (Å²) in [5.74, 6) is 2.24. The van der Waals surface area contributed by atoms with E-state index in [1.54, 1.807) is 11.1 Å². The first-order chi connectivity index (χ1) is 12.7. The number of methoxy groups -OCH3 is 1. The average molecular weight is 356 g/mol. The number of fused-ring (bicyclic) bond motifs is 6. The van der Waals surface area contributed by atoms with E-state index in [1.807, 2.05) is 0 Å². The molecule has 0 amide bonds. The van der Waals surface area contributed by atoms with Gasteiger partial charge >= 0.3 is 5.97 Å². The van der Waals surface area contributed by atoms with Crippen LogP contribution in [0.5, 0.6) is 0 Å². The van der Waals surface area contributed by atoms with Crippen molar-refractivity contribution < 1.29 is 14.3 Å². The molecule has 2 N–H and O–H groups in total. The van der Waals surface area contributed by atoms with E-state index >= 15 is 0 Å². The van der Waals surface area contributed by atoms with E-state index < -0.39 is 0 Å². The number of carbonyl (C=O) groups is 1. The second-order valence-corrected chi connectivity index (χ2v) is 8.42. The maximum absolute atomic E-state index is 11.8. The zero-order valence-electron chi connectivity index (χ0n) is 15.4. The van der Waals surface area contributed by atoms with Crippen molar-refractivity contribution in [1.82, 2.24) is 10.9 Å². The van der Waals surface area contributed by atoms with Crippen molar-refractivity contribution in [2.24, 2.45) is 23.7 Å². The van der Waals surface area contributed by atoms with E-state index in [4.69, 9.17) is 9.47 Å². The molecule has 4 aliphatic carbocycles. The van der Waals surface area contributed by atoms with Crippen LogP contribution in [0, 0.1) is 23.7 Å². The van der Waals surface area contributed by atoms with E-state index in [9.17, 15) is 4.79 Å². The highest BCUT2D eigenvalue weighted by Gasteiger charge is 2.45. The lowest BCUT2D eigenvalue weighted by atomic mass is 9.62. The van der Waals surface area contributed by atoms with Gasteiger partial charge in [0.05, 0.1) is 0 Å². The second kappa shape index (κ2) is 6.63. The number of hydrogen-bond acceptors (Lipinski definition) is 5. The van der Waals surface area contributed by atoms with E-state index in [0.29, 0.717) is 29.7 Å². The van der Waals surface area contributed by atoms with Gasteiger partial charge in [0, 0.05) is 25.6 Å². The minimum Gasteiger partial charge on any atom is -0.456 e. The summed E-state index contributed by atoms with van der Waals surface area (Å²) in [6, 6.07) is 0.603. The average Bonchev–Trinajstić information content (AvgIpc) is 3.26. The summed E-state index contributed by atoms with van der Waals surface area (Å²) in [6.07, 6.45) is 13.0. The molecule has 5 heteroatoms. The quantitative estimate of drug-likeness (QED) is 0.760. The van der Waals surface area contributed by atoms with Crippen LogP contribution in [0.2, 0.25) is 0 Å². The van der Waals surface area contributed by atoms with Crippen molar-refractivity contribution >= 4 is 5.97 Å². The van der Waals surface area contributed by atoms with Crippen LogP contribution in [-0.4, -0.2) is 38.4 Å². The summed E-state index contributed by atoms with van der Waals surface area (Å²) >= 11 is 0. The molecule has 6 unspecified atom stereocenters. The van der Waals surface area contributed by atoms with Crippen LogP contribution in [0.4, 0.5) is 0 Å². The molecule has 2 saturated carbocycles. The Morgan fingerprint density at radius 1 is 1.15 bits per heavy atom. The smallest absolute Gasteiger partial charge is 0.332 e. The number of esters is 1. The van der Waals surface area contributed by atoms with Crippen molar-refractivity contribution in [2.45, 2.75) is 44.2 Å². The lowest BCUT2D eigenvalue weighted by Gasteiger charge is -2.43. The fraction of sp³-hybridized carbons (Fsp3) is 0.667. The van der Waals surface area contributed by atoms with Crippen LogP contribution in [-0.2, 0) is 14.3 Å². The predicted octanol–water partition coefficient (Wildman–Crippen LogP) is 2.27. The minimum absolute atomic E-state index is 0.0398. The molecule has 0 aromatic heterocycles. The summed E-state index contributed by atoms with van der Waals surface area (Å²) in [5, 5.41) is 0. The molecule has 1 aliphatic heterocycles. The van der Waals surface area contributed by atoms with Gasteiger partial charge in [-0.05, 0) is 66.6 Å². The maximum Gasteiger partial charge on any atom is 0.332 e. The van der Waals surface area contributed by atoms with Crippen molar-refractivity contribution in [2.75, 3.05) is 20.3 Å². The Morgan fingerprint density at radius 2 is 2.04 bits per heavy atom. The van der Waals surface area contributed by atoms with Crippen LogP contribution in [0.25, 0.3) is 0 Å². The Balaban J connectivity index is 1.40. The van der Waals surface area contributed by atoms with Crippen molar-refractivity contribution in [3.05, 3.63) is 34.9 Å². The molecule has 3 fully saturated rings. The molecule has 0 bridgehead atoms. The number of hydrazine groups is 1. The summed E-state index contributed by atoms with van der Waals surface area (Å²) in [6.45, 7) is 1.08. The van der Waals surface area contributed by atoms with Gasteiger partial charge in [-0.3, -0.25) is 10.9 Å². The van der Waals surface area contributed by atoms with Crippen LogP contribution >= 0.6 is 0 Å². The Bertz CT molecular complexity index is 695. The van der Waals surface area contributed by atoms with E-state index in [-0.39, 0.29) is 18.7 Å². The zero-order chi connectivity index (χ0) is 17.7. The molecule has 6 atom stereocenters. The maximum atomic E-state index is 11.8. The number of nitrogens with one attached hydrogen (secondary N) is 2. The third-order valence-corrected chi connectivity index (χ3v) is 7.09. The number of hydrogen-bond donors (Lipinski definition) is 2. The number of carbonyl (C=O) groups excluding carboxylic acids is 1. The molecule has 1 heterocycles. The lowest BCUT2D eigenvalue weighted by Crippen LogP contribution is -2.39. The highest BCUT2D eigenvalue weighted by molar-refractivity contribution is 5.71. The highest BCUT2D eigenvalue weighted by atomic mass is 16.6. The summed E-state index contributed by atoms with van der Waals surface area (Å²) in [7, 11) is 1.53. The van der Waals surface area contributed by atoms with Gasteiger partial charge in [0.2, 0.25) is 0 Å². The number of allylic oxidation sites excluding steroid dienone is 4. The van der Waals surface area contributed by atoms with E-state index in [0.717, 1.165) is 19.4 Å². The van der Waals surface area contributed by atoms with Crippen molar-refractivity contribution in [3.63, 3.8) is 0 Å². The molecule has 1 saturated heterocycles. The second-order valence-electron chi connectivity index (χ2n) is 8.42. The molecule has 0 radical (unpaired) electrons. The topological polar surface area (TPSA) is 59.6 Å². The van der Waals surface area contributed by atoms with Gasteiger partial charge in [0.25, 0.3) is 0 Å². The summed E-state index contributed by atoms with van der Waals surface area (Å²) in [5.41, 5.74) is 11.3. The summed E-state index contributed by atoms with van der Waals surface area (Å²) < 4.78 is 10.6. The van der Waals surface area contributed by atoms with Gasteiger partial charge < -0.3 is 9.47 Å². The fourth-order valence-corrected chi connectivity index (χ4v) is 5.95. The van der Waals surface area contributed by atoms with Crippen LogP contribution in [0.1, 0.15) is 32.1 Å². The van der Waals surface area contributed by atoms with Gasteiger partial charge in [-0.2, -0.15) is 0 Å². The number of ether oxygens (including phenoxy) is 2. The molecule has 26 heavy (non-hydrogen) atoms. The Hall–Kier alpha value is -1.43. The monoisotopic (exact) mass is 356 g/mol. The van der Waals surface area contributed by atoms with Gasteiger partial charge in [-0.25, -0.2) is 4.79 Å². The van der Waals surface area contributed by atoms with Gasteiger partial charge in [0.1, 0.15) is 12.7 Å². The molecule has 5 nitrogen and oxygen atoms in total. The molecule has 5 aliphatic rings. The van der Waals surface area contributed by atoms with E-state index in [1.165, 1.54) is 31.9 Å². The zero-order valence-corrected chi connectivity index (χ0v) is 15.4. The predicted molar refractivity (Wildman–Crippen MR) is 98.0 cm³/mol. The van der Waals surface area contributed by atoms with Crippen molar-refractivity contribution in [1.29, 1.82) is 0 Å². The normalized spacial score (nSPS) is 40.4. The van der Waals surface area contributed by atoms with Crippen molar-refractivity contribution in [3.8, 4) is 0 Å². The lowest BCUT2D eigenvalue weighted by molar-refractivity contribution is -0.151. The largest absolute Gasteiger partial charge is 0.456 e. The third-order valence-electron chi connectivity index (χ3n) is 7.09. The van der Waals surface area contributed by atoms with Gasteiger partial charge in [0.15, 0.2) is 0 Å². The fourth-order valence-electron chi connectivity index (χ4n) is 5.95. The van der Waals surface area contributed by atoms with Crippen LogP contribution in [0.3, 0.4) is 0 Å². The summed E-state index contributed by atoms with van der Waals surface area (Å²) in [4.78, 5) is 11.8. The first kappa shape index (κ1) is 16.7. The molecule has 5 rings (SSSR count). The van der Waals surface area contributed by atoms with E-state index in [2.05, 4.69) is 29.1 Å². The first-order valence-electron chi connectivity index (χ1n) is 10.0. The standard InChI is InChI=1S/C21H28N2O3/c1-25-11-21(24)26-20-7-6-15-14-3-2-12-9-19-13(10-22-23-19)8-18(12)16(14)4-5-17(15)20/h4-5,8,12-15,19-20,22-23H,2-3,6-7,9-11H2,1H3. The van der Waals surface area contributed by atoms with Crippen LogP contribution in [0.15, 0.2) is 34.9 Å². The number of rotatable bonds is 3. The Morgan fingerprint density at radius 3 is 2.92 bits per heavy atom. The van der Waals surface area contributed by atoms with Crippen LogP contribution < -0.4 is 10.9 Å². The third kappa shape index (κ3) is 2.68. The highest BCUT2D eigenvalue weighted by Crippen LogP contribution is 2.53. The first-order valence-corrected chi connectivity index (χ1v) is 10.0. The Kier molecular flexibility index (Phi) is 4.26. The molecule has 0 aromatic rings. The molecule has 140 valence electrons. The minimum atomic E-state index is -0.250. The molecule has 0 spiro atoms. The van der Waals surface area contributed by atoms with Gasteiger partial charge in [-0.1, -0.05) is 18.2 Å². The van der Waals surface area contributed by atoms with Gasteiger partial charge in [-0.15, -0.1) is 0 Å². The molecular weight excluding hydrogens is 328 g/mol. The Labute approximate surface area is 154 Å².